The van der Waals surface area contributed by atoms with E-state index in [-0.39, 0.29) is 25.2 Å². The summed E-state index contributed by atoms with van der Waals surface area (Å²) < 4.78 is 10.2. The van der Waals surface area contributed by atoms with Gasteiger partial charge >= 0.3 is 6.09 Å². The lowest BCUT2D eigenvalue weighted by molar-refractivity contribution is -0.139. The lowest BCUT2D eigenvalue weighted by Gasteiger charge is -2.26. The molecule has 0 spiro atoms. The third kappa shape index (κ3) is 2.63. The summed E-state index contributed by atoms with van der Waals surface area (Å²) in [5, 5.41) is 0. The van der Waals surface area contributed by atoms with Crippen LogP contribution in [0.1, 0.15) is 0 Å². The van der Waals surface area contributed by atoms with Gasteiger partial charge in [-0.05, 0) is 23.6 Å². The number of carbonyl (C=O) groups excluding carboxylic acids is 2. The summed E-state index contributed by atoms with van der Waals surface area (Å²) in [7, 11) is 0. The predicted molar refractivity (Wildman–Crippen MR) is 71.8 cm³/mol. The summed E-state index contributed by atoms with van der Waals surface area (Å²) in [4.78, 5) is 26.5. The third-order valence-electron chi connectivity index (χ3n) is 3.42. The first-order chi connectivity index (χ1) is 10.2. The van der Waals surface area contributed by atoms with E-state index in [1.807, 2.05) is 0 Å². The van der Waals surface area contributed by atoms with Crippen molar-refractivity contribution >= 4 is 12.0 Å². The fourth-order valence-electron chi connectivity index (χ4n) is 2.30. The van der Waals surface area contributed by atoms with Gasteiger partial charge in [-0.3, -0.25) is 9.69 Å². The summed E-state index contributed by atoms with van der Waals surface area (Å²) in [6, 6.07) is 0. The van der Waals surface area contributed by atoms with Crippen molar-refractivity contribution in [1.82, 2.24) is 9.80 Å². The molecule has 3 rings (SSSR count). The zero-order chi connectivity index (χ0) is 14.8. The Morgan fingerprint density at radius 3 is 2.52 bits per heavy atom. The summed E-state index contributed by atoms with van der Waals surface area (Å²) in [5.41, 5.74) is 12.5. The molecule has 21 heavy (non-hydrogen) atoms. The molecule has 110 valence electrons. The van der Waals surface area contributed by atoms with Crippen LogP contribution in [-0.4, -0.2) is 60.8 Å². The summed E-state index contributed by atoms with van der Waals surface area (Å²) in [5.74, 6) is -0.109. The number of ether oxygens (including phenoxy) is 2. The van der Waals surface area contributed by atoms with Crippen molar-refractivity contribution in [2.45, 2.75) is 6.10 Å². The monoisotopic (exact) mass is 289 g/mol. The maximum Gasteiger partial charge on any atom is 0.415 e. The van der Waals surface area contributed by atoms with Gasteiger partial charge in [0, 0.05) is 6.54 Å². The van der Waals surface area contributed by atoms with Gasteiger partial charge in [0.2, 0.25) is 0 Å². The molecule has 2 saturated heterocycles. The molecule has 2 N–H and O–H groups in total. The molecule has 2 amide bonds. The van der Waals surface area contributed by atoms with E-state index < -0.39 is 6.09 Å². The summed E-state index contributed by atoms with van der Waals surface area (Å²) in [6.45, 7) is 1.75. The molecule has 7 heteroatoms. The van der Waals surface area contributed by atoms with Crippen LogP contribution in [-0.2, 0) is 14.3 Å². The molecule has 7 nitrogen and oxygen atoms in total. The standard InChI is InChI=1S/C14H15N3O4/c15-7-12-8-17(14(19)21-12)11-3-1-10(2-4-11)16-5-6-20-9-13(16)18/h1,3,12H,5-9,15H2. The quantitative estimate of drug-likeness (QED) is 0.722. The second-order valence-corrected chi connectivity index (χ2v) is 4.80. The number of nitrogens with two attached hydrogens (primary N) is 1. The number of rotatable bonds is 3. The molecule has 1 aliphatic carbocycles. The fourth-order valence-corrected chi connectivity index (χ4v) is 2.30. The molecule has 3 aliphatic rings. The third-order valence-corrected chi connectivity index (χ3v) is 3.42. The molecule has 1 atom stereocenters. The minimum absolute atomic E-state index is 0.0756. The van der Waals surface area contributed by atoms with Crippen molar-refractivity contribution in [2.75, 3.05) is 32.8 Å². The molecule has 2 fully saturated rings. The molecule has 0 saturated carbocycles. The Morgan fingerprint density at radius 2 is 1.95 bits per heavy atom. The molecule has 0 aromatic carbocycles. The molecular weight excluding hydrogens is 274 g/mol. The van der Waals surface area contributed by atoms with Crippen molar-refractivity contribution in [3.8, 4) is 0 Å². The molecule has 2 aliphatic heterocycles. The highest BCUT2D eigenvalue weighted by Crippen LogP contribution is 2.20. The van der Waals surface area contributed by atoms with E-state index in [1.165, 1.54) is 4.90 Å². The van der Waals surface area contributed by atoms with Gasteiger partial charge in [-0.2, -0.15) is 0 Å². The Morgan fingerprint density at radius 1 is 1.24 bits per heavy atom. The number of nitrogens with zero attached hydrogens (tertiary/aromatic N) is 2. The number of carbonyl (C=O) groups is 2. The van der Waals surface area contributed by atoms with Gasteiger partial charge in [-0.15, -0.1) is 0 Å². The van der Waals surface area contributed by atoms with Gasteiger partial charge in [-0.1, -0.05) is 0 Å². The van der Waals surface area contributed by atoms with Crippen molar-refractivity contribution in [3.05, 3.63) is 35.0 Å². The van der Waals surface area contributed by atoms with Crippen molar-refractivity contribution in [2.24, 2.45) is 5.73 Å². The highest BCUT2D eigenvalue weighted by molar-refractivity contribution is 5.80. The van der Waals surface area contributed by atoms with E-state index in [1.54, 1.807) is 17.1 Å². The van der Waals surface area contributed by atoms with E-state index >= 15 is 0 Å². The highest BCUT2D eigenvalue weighted by atomic mass is 16.6. The number of hydrogen-bond donors (Lipinski definition) is 1. The Labute approximate surface area is 121 Å². The van der Waals surface area contributed by atoms with Crippen LogP contribution < -0.4 is 5.73 Å². The number of hydrogen-bond acceptors (Lipinski definition) is 5. The zero-order valence-electron chi connectivity index (χ0n) is 11.4. The van der Waals surface area contributed by atoms with Crippen LogP contribution >= 0.6 is 0 Å². The Bertz CT molecular complexity index is 612. The van der Waals surface area contributed by atoms with Gasteiger partial charge in [-0.25, -0.2) is 4.79 Å². The minimum atomic E-state index is -0.440. The van der Waals surface area contributed by atoms with Crippen LogP contribution in [0.3, 0.4) is 0 Å². The van der Waals surface area contributed by atoms with Gasteiger partial charge < -0.3 is 20.1 Å². The van der Waals surface area contributed by atoms with Crippen LogP contribution in [0.2, 0.25) is 0 Å². The SMILES string of the molecule is NCC1CN(C2=C=C=C(N3CCOCC3=O)C=C2)C(=O)O1. The van der Waals surface area contributed by atoms with Gasteiger partial charge in [0.05, 0.1) is 31.1 Å². The van der Waals surface area contributed by atoms with Gasteiger partial charge in [0.25, 0.3) is 5.91 Å². The maximum absolute atomic E-state index is 11.7. The van der Waals surface area contributed by atoms with Gasteiger partial charge in [0.1, 0.15) is 12.7 Å². The average molecular weight is 289 g/mol. The van der Waals surface area contributed by atoms with Crippen molar-refractivity contribution in [3.63, 3.8) is 0 Å². The number of morpholine rings is 1. The first kappa shape index (κ1) is 13.7. The van der Waals surface area contributed by atoms with Crippen LogP contribution in [0.15, 0.2) is 35.0 Å². The Hall–Kier alpha value is -2.30. The zero-order valence-corrected chi connectivity index (χ0v) is 11.4. The van der Waals surface area contributed by atoms with Gasteiger partial charge in [0.15, 0.2) is 0 Å². The largest absolute Gasteiger partial charge is 0.443 e. The summed E-state index contributed by atoms with van der Waals surface area (Å²) in [6.07, 6.45) is 2.71. The second kappa shape index (κ2) is 5.60. The maximum atomic E-state index is 11.7. The number of amides is 2. The number of allylic oxidation sites excluding steroid dienone is 2. The molecule has 0 bridgehead atoms. The normalized spacial score (nSPS) is 25.1. The van der Waals surface area contributed by atoms with Crippen molar-refractivity contribution in [1.29, 1.82) is 0 Å². The Balaban J connectivity index is 1.83. The Kier molecular flexibility index (Phi) is 3.64. The molecule has 0 aromatic rings. The topological polar surface area (TPSA) is 85.1 Å². The average Bonchev–Trinajstić information content (AvgIpc) is 2.89. The van der Waals surface area contributed by atoms with Crippen LogP contribution in [0.25, 0.3) is 0 Å². The molecular formula is C14H15N3O4. The first-order valence-electron chi connectivity index (χ1n) is 6.69. The second-order valence-electron chi connectivity index (χ2n) is 4.80. The van der Waals surface area contributed by atoms with Crippen molar-refractivity contribution < 1.29 is 19.1 Å². The lowest BCUT2D eigenvalue weighted by Crippen LogP contribution is -2.40. The molecule has 1 unspecified atom stereocenters. The van der Waals surface area contributed by atoms with E-state index in [9.17, 15) is 9.59 Å². The molecule has 0 radical (unpaired) electrons. The fraction of sp³-hybridized carbons (Fsp3) is 0.429. The molecule has 0 aromatic heterocycles. The van der Waals surface area contributed by atoms with E-state index in [2.05, 4.69) is 11.5 Å². The number of cyclic esters (lactones) is 1. The lowest BCUT2D eigenvalue weighted by atomic mass is 10.2. The van der Waals surface area contributed by atoms with Crippen LogP contribution in [0, 0.1) is 0 Å². The minimum Gasteiger partial charge on any atom is -0.443 e. The van der Waals surface area contributed by atoms with Crippen LogP contribution in [0.4, 0.5) is 4.79 Å². The highest BCUT2D eigenvalue weighted by Gasteiger charge is 2.32. The van der Waals surface area contributed by atoms with E-state index in [0.717, 1.165) is 0 Å². The first-order valence-corrected chi connectivity index (χ1v) is 6.69. The van der Waals surface area contributed by atoms with E-state index in [4.69, 9.17) is 15.2 Å². The molecule has 2 heterocycles. The smallest absolute Gasteiger partial charge is 0.415 e. The predicted octanol–water partition coefficient (Wildman–Crippen LogP) is -0.284. The van der Waals surface area contributed by atoms with Crippen LogP contribution in [0.5, 0.6) is 0 Å². The summed E-state index contributed by atoms with van der Waals surface area (Å²) >= 11 is 0. The van der Waals surface area contributed by atoms with E-state index in [0.29, 0.717) is 31.1 Å².